The van der Waals surface area contributed by atoms with Crippen LogP contribution < -0.4 is 4.74 Å². The Bertz CT molecular complexity index is 969. The number of rotatable bonds is 5. The third-order valence-electron chi connectivity index (χ3n) is 3.62. The number of ether oxygens (including phenoxy) is 1. The fourth-order valence-corrected chi connectivity index (χ4v) is 2.65. The monoisotopic (exact) mass is 414 g/mol. The fraction of sp³-hybridized carbons (Fsp3) is 0.111. The number of hydrogen-bond donors (Lipinski definition) is 0. The van der Waals surface area contributed by atoms with Gasteiger partial charge >= 0.3 is 6.18 Å². The minimum absolute atomic E-state index is 0.0538. The van der Waals surface area contributed by atoms with E-state index < -0.39 is 23.1 Å². The molecular formula is C18H11Cl2F3N2O2. The summed E-state index contributed by atoms with van der Waals surface area (Å²) in [5.74, 6) is -0.487. The average molecular weight is 415 g/mol. The molecule has 0 aliphatic heterocycles. The minimum atomic E-state index is -4.73. The van der Waals surface area contributed by atoms with Crippen LogP contribution in [0.2, 0.25) is 10.2 Å². The summed E-state index contributed by atoms with van der Waals surface area (Å²) in [4.78, 5) is 16.1. The van der Waals surface area contributed by atoms with Gasteiger partial charge in [0, 0.05) is 10.6 Å². The van der Waals surface area contributed by atoms with Gasteiger partial charge in [0.2, 0.25) is 0 Å². The van der Waals surface area contributed by atoms with Crippen molar-refractivity contribution >= 4 is 29.0 Å². The molecule has 0 aliphatic carbocycles. The first kappa shape index (κ1) is 19.3. The van der Waals surface area contributed by atoms with Crippen molar-refractivity contribution in [2.75, 3.05) is 0 Å². The Hall–Kier alpha value is -2.51. The first-order valence-electron chi connectivity index (χ1n) is 7.57. The molecule has 1 heterocycles. The van der Waals surface area contributed by atoms with Gasteiger partial charge in [0.15, 0.2) is 5.78 Å². The molecule has 0 spiro atoms. The van der Waals surface area contributed by atoms with Crippen molar-refractivity contribution in [3.05, 3.63) is 76.3 Å². The summed E-state index contributed by atoms with van der Waals surface area (Å²) < 4.78 is 47.1. The maximum absolute atomic E-state index is 13.5. The van der Waals surface area contributed by atoms with Gasteiger partial charge in [-0.15, -0.1) is 0 Å². The van der Waals surface area contributed by atoms with Crippen LogP contribution in [0.15, 0.2) is 55.0 Å². The zero-order valence-electron chi connectivity index (χ0n) is 13.5. The van der Waals surface area contributed by atoms with Gasteiger partial charge < -0.3 is 9.30 Å². The Morgan fingerprint density at radius 2 is 1.74 bits per heavy atom. The van der Waals surface area contributed by atoms with E-state index in [1.807, 2.05) is 0 Å². The Labute approximate surface area is 162 Å². The summed E-state index contributed by atoms with van der Waals surface area (Å²) in [6, 6.07) is 9.32. The van der Waals surface area contributed by atoms with Gasteiger partial charge in [-0.25, -0.2) is 4.98 Å². The predicted molar refractivity (Wildman–Crippen MR) is 94.5 cm³/mol. The molecule has 0 N–H and O–H groups in total. The van der Waals surface area contributed by atoms with Gasteiger partial charge in [0.05, 0.1) is 24.6 Å². The predicted octanol–water partition coefficient (Wildman–Crippen LogP) is 5.88. The number of aromatic nitrogens is 2. The molecule has 0 atom stereocenters. The van der Waals surface area contributed by atoms with Crippen LogP contribution in [0, 0.1) is 0 Å². The van der Waals surface area contributed by atoms with E-state index in [9.17, 15) is 18.0 Å². The summed E-state index contributed by atoms with van der Waals surface area (Å²) in [5.41, 5.74) is -1.56. The minimum Gasteiger partial charge on any atom is -0.457 e. The highest BCUT2D eigenvalue weighted by atomic mass is 35.5. The molecule has 0 saturated heterocycles. The van der Waals surface area contributed by atoms with Crippen LogP contribution in [0.1, 0.15) is 15.9 Å². The molecule has 1 aromatic heterocycles. The lowest BCUT2D eigenvalue weighted by Gasteiger charge is -2.15. The first-order chi connectivity index (χ1) is 12.7. The second-order valence-corrected chi connectivity index (χ2v) is 6.35. The normalized spacial score (nSPS) is 11.4. The highest BCUT2D eigenvalue weighted by Crippen LogP contribution is 2.36. The molecule has 0 radical (unpaired) electrons. The molecule has 4 nitrogen and oxygen atoms in total. The fourth-order valence-electron chi connectivity index (χ4n) is 2.36. The van der Waals surface area contributed by atoms with Gasteiger partial charge in [0.25, 0.3) is 0 Å². The van der Waals surface area contributed by atoms with E-state index in [0.717, 1.165) is 12.1 Å². The van der Waals surface area contributed by atoms with Gasteiger partial charge in [-0.1, -0.05) is 23.2 Å². The number of Topliss-reactive ketones (excluding diaryl/α,β-unsaturated/α-hetero) is 1. The molecule has 0 unspecified atom stereocenters. The number of hydrogen-bond acceptors (Lipinski definition) is 3. The van der Waals surface area contributed by atoms with Crippen molar-refractivity contribution in [3.8, 4) is 11.5 Å². The van der Waals surface area contributed by atoms with E-state index in [2.05, 4.69) is 4.98 Å². The van der Waals surface area contributed by atoms with Crippen LogP contribution in [0.25, 0.3) is 0 Å². The largest absolute Gasteiger partial charge is 0.457 e. The number of nitrogens with zero attached hydrogens (tertiary/aromatic N) is 2. The van der Waals surface area contributed by atoms with Crippen LogP contribution in [0.5, 0.6) is 11.5 Å². The third-order valence-corrected chi connectivity index (χ3v) is 4.19. The van der Waals surface area contributed by atoms with E-state index in [1.165, 1.54) is 35.3 Å². The molecule has 140 valence electrons. The van der Waals surface area contributed by atoms with Crippen LogP contribution in [-0.4, -0.2) is 15.3 Å². The van der Waals surface area contributed by atoms with Gasteiger partial charge in [-0.2, -0.15) is 13.2 Å². The molecule has 3 aromatic rings. The van der Waals surface area contributed by atoms with E-state index in [4.69, 9.17) is 27.9 Å². The van der Waals surface area contributed by atoms with E-state index in [-0.39, 0.29) is 17.4 Å². The summed E-state index contributed by atoms with van der Waals surface area (Å²) in [6.45, 7) is -0.362. The smallest absolute Gasteiger partial charge is 0.417 e. The lowest BCUT2D eigenvalue weighted by Crippen LogP contribution is -2.17. The average Bonchev–Trinajstić information content (AvgIpc) is 3.01. The second kappa shape index (κ2) is 7.62. The maximum atomic E-state index is 13.5. The highest BCUT2D eigenvalue weighted by molar-refractivity contribution is 6.30. The Morgan fingerprint density at radius 3 is 2.33 bits per heavy atom. The zero-order chi connectivity index (χ0) is 19.6. The molecule has 27 heavy (non-hydrogen) atoms. The van der Waals surface area contributed by atoms with Crippen molar-refractivity contribution in [2.45, 2.75) is 12.7 Å². The van der Waals surface area contributed by atoms with Gasteiger partial charge in [0.1, 0.15) is 16.7 Å². The Balaban J connectivity index is 1.91. The van der Waals surface area contributed by atoms with Crippen molar-refractivity contribution in [1.29, 1.82) is 0 Å². The lowest BCUT2D eigenvalue weighted by atomic mass is 10.0. The number of alkyl halides is 3. The van der Waals surface area contributed by atoms with Gasteiger partial charge in [-0.3, -0.25) is 4.79 Å². The lowest BCUT2D eigenvalue weighted by molar-refractivity contribution is -0.138. The summed E-state index contributed by atoms with van der Waals surface area (Å²) in [5, 5.41) is 0.622. The SMILES string of the molecule is O=C(Cn1cncc1Cl)c1ccc(Oc2ccc(Cl)cc2)cc1C(F)(F)F. The summed E-state index contributed by atoms with van der Waals surface area (Å²) >= 11 is 11.6. The molecule has 0 aliphatic rings. The highest BCUT2D eigenvalue weighted by Gasteiger charge is 2.35. The van der Waals surface area contributed by atoms with E-state index in [0.29, 0.717) is 10.8 Å². The van der Waals surface area contributed by atoms with Crippen molar-refractivity contribution in [3.63, 3.8) is 0 Å². The summed E-state index contributed by atoms with van der Waals surface area (Å²) in [7, 11) is 0. The first-order valence-corrected chi connectivity index (χ1v) is 8.33. The van der Waals surface area contributed by atoms with Crippen molar-refractivity contribution < 1.29 is 22.7 Å². The molecule has 0 saturated carbocycles. The maximum Gasteiger partial charge on any atom is 0.417 e. The zero-order valence-corrected chi connectivity index (χ0v) is 15.0. The Kier molecular flexibility index (Phi) is 5.43. The molecule has 0 bridgehead atoms. The molecule has 2 aromatic carbocycles. The standard InChI is InChI=1S/C18H11Cl2F3N2O2/c19-11-1-3-12(4-2-11)27-13-5-6-14(15(7-13)18(21,22)23)16(26)9-25-10-24-8-17(25)20/h1-8,10H,9H2. The molecular weight excluding hydrogens is 404 g/mol. The number of imidazole rings is 1. The number of ketones is 1. The molecule has 0 fully saturated rings. The van der Waals surface area contributed by atoms with Crippen LogP contribution in [0.3, 0.4) is 0 Å². The van der Waals surface area contributed by atoms with Crippen molar-refractivity contribution in [1.82, 2.24) is 9.55 Å². The molecule has 0 amide bonds. The van der Waals surface area contributed by atoms with Crippen molar-refractivity contribution in [2.24, 2.45) is 0 Å². The van der Waals surface area contributed by atoms with Crippen LogP contribution in [0.4, 0.5) is 13.2 Å². The van der Waals surface area contributed by atoms with Crippen LogP contribution in [-0.2, 0) is 12.7 Å². The third kappa shape index (κ3) is 4.61. The Morgan fingerprint density at radius 1 is 1.07 bits per heavy atom. The number of carbonyl (C=O) groups excluding carboxylic acids is 1. The second-order valence-electron chi connectivity index (χ2n) is 5.53. The number of halogens is 5. The van der Waals surface area contributed by atoms with E-state index in [1.54, 1.807) is 12.1 Å². The topological polar surface area (TPSA) is 44.1 Å². The van der Waals surface area contributed by atoms with Gasteiger partial charge in [-0.05, 0) is 42.5 Å². The molecule has 9 heteroatoms. The quantitative estimate of drug-likeness (QED) is 0.489. The summed E-state index contributed by atoms with van der Waals surface area (Å²) in [6.07, 6.45) is -2.17. The molecule has 3 rings (SSSR count). The number of benzene rings is 2. The number of carbonyl (C=O) groups is 1. The van der Waals surface area contributed by atoms with E-state index >= 15 is 0 Å². The van der Waals surface area contributed by atoms with Crippen LogP contribution >= 0.6 is 23.2 Å².